The fourth-order valence-corrected chi connectivity index (χ4v) is 3.64. The fourth-order valence-electron chi connectivity index (χ4n) is 3.64. The summed E-state index contributed by atoms with van der Waals surface area (Å²) in [7, 11) is 1.64. The Hall–Kier alpha value is -1.43. The summed E-state index contributed by atoms with van der Waals surface area (Å²) in [6.07, 6.45) is 0. The van der Waals surface area contributed by atoms with E-state index in [1.54, 1.807) is 14.0 Å². The van der Waals surface area contributed by atoms with Crippen molar-refractivity contribution in [2.75, 3.05) is 219 Å². The highest BCUT2D eigenvalue weighted by Gasteiger charge is 2.02. The number of esters is 1. The maximum absolute atomic E-state index is 11.2. The summed E-state index contributed by atoms with van der Waals surface area (Å²) in [4.78, 5) is 11.2. The van der Waals surface area contributed by atoms with Crippen LogP contribution >= 0.6 is 0 Å². The van der Waals surface area contributed by atoms with Gasteiger partial charge in [0.1, 0.15) is 6.61 Å². The number of carbonyl (C=O) groups excluding carboxylic acids is 1. The van der Waals surface area contributed by atoms with Gasteiger partial charge in [-0.1, -0.05) is 6.58 Å². The summed E-state index contributed by atoms with van der Waals surface area (Å²) in [5.74, 6) is -0.416. The van der Waals surface area contributed by atoms with Crippen LogP contribution in [0.25, 0.3) is 0 Å². The minimum atomic E-state index is -0.416. The van der Waals surface area contributed by atoms with Gasteiger partial charge in [-0.2, -0.15) is 0 Å². The molecule has 0 radical (unpaired) electrons. The normalized spacial score (nSPS) is 11.5. The van der Waals surface area contributed by atoms with Gasteiger partial charge in [0.05, 0.1) is 205 Å². The third-order valence-electron chi connectivity index (χ3n) is 6.45. The van der Waals surface area contributed by atoms with Gasteiger partial charge in [-0.25, -0.2) is 4.79 Å². The smallest absolute Gasteiger partial charge is 0.333 e. The van der Waals surface area contributed by atoms with Crippen LogP contribution in [-0.4, -0.2) is 224 Å². The van der Waals surface area contributed by atoms with Gasteiger partial charge in [-0.05, 0) is 6.92 Å². The Kier molecular flexibility index (Phi) is 47.5. The van der Waals surface area contributed by atoms with Crippen LogP contribution in [0, 0.1) is 0 Å². The van der Waals surface area contributed by atoms with E-state index < -0.39 is 5.97 Å². The van der Waals surface area contributed by atoms with E-state index in [9.17, 15) is 4.79 Å². The van der Waals surface area contributed by atoms with Crippen LogP contribution in [0.4, 0.5) is 0 Å². The van der Waals surface area contributed by atoms with Gasteiger partial charge in [-0.3, -0.25) is 0 Å². The average Bonchev–Trinajstić information content (AvgIpc) is 3.18. The molecular weight excluding hydrogens is 732 g/mol. The molecule has 18 heteroatoms. The van der Waals surface area contributed by atoms with Gasteiger partial charge >= 0.3 is 5.97 Å². The largest absolute Gasteiger partial charge is 0.460 e. The lowest BCUT2D eigenvalue weighted by Gasteiger charge is -2.09. The molecule has 0 fully saturated rings. The van der Waals surface area contributed by atoms with Crippen molar-refractivity contribution in [3.05, 3.63) is 12.2 Å². The first-order chi connectivity index (χ1) is 27.2. The summed E-state index contributed by atoms with van der Waals surface area (Å²) in [5.41, 5.74) is 0.367. The zero-order valence-corrected chi connectivity index (χ0v) is 33.7. The predicted octanol–water partition coefficient (Wildman–Crippen LogP) is 1.00. The molecule has 328 valence electrons. The molecule has 0 atom stereocenters. The third-order valence-corrected chi connectivity index (χ3v) is 6.45. The SMILES string of the molecule is C=C(C)C(=O)OCCOCCOCCOCCOCCOCCOCCOCCOCCOCCOCCOCCOCCOCCOCCOCCOC. The van der Waals surface area contributed by atoms with Crippen LogP contribution in [0.2, 0.25) is 0 Å². The molecule has 18 nitrogen and oxygen atoms in total. The van der Waals surface area contributed by atoms with Crippen molar-refractivity contribution < 1.29 is 85.3 Å². The van der Waals surface area contributed by atoms with Crippen molar-refractivity contribution in [1.82, 2.24) is 0 Å². The Labute approximate surface area is 328 Å². The van der Waals surface area contributed by atoms with Crippen molar-refractivity contribution >= 4 is 5.97 Å². The lowest BCUT2D eigenvalue weighted by molar-refractivity contribution is -0.140. The van der Waals surface area contributed by atoms with Gasteiger partial charge < -0.3 is 80.5 Å². The van der Waals surface area contributed by atoms with Crippen LogP contribution in [0.5, 0.6) is 0 Å². The van der Waals surface area contributed by atoms with E-state index >= 15 is 0 Å². The first-order valence-electron chi connectivity index (χ1n) is 19.2. The van der Waals surface area contributed by atoms with Crippen LogP contribution < -0.4 is 0 Å². The van der Waals surface area contributed by atoms with Gasteiger partial charge in [0, 0.05) is 12.7 Å². The van der Waals surface area contributed by atoms with Crippen LogP contribution in [0.1, 0.15) is 6.92 Å². The van der Waals surface area contributed by atoms with E-state index in [2.05, 4.69) is 6.58 Å². The molecule has 0 aromatic heterocycles. The van der Waals surface area contributed by atoms with E-state index in [1.165, 1.54) is 0 Å². The molecule has 0 heterocycles. The molecule has 0 aromatic carbocycles. The second-order valence-electron chi connectivity index (χ2n) is 11.1. The van der Waals surface area contributed by atoms with Gasteiger partial charge in [0.15, 0.2) is 0 Å². The quantitative estimate of drug-likeness (QED) is 0.0484. The van der Waals surface area contributed by atoms with Crippen molar-refractivity contribution in [2.45, 2.75) is 6.92 Å². The predicted molar refractivity (Wildman–Crippen MR) is 200 cm³/mol. The Balaban J connectivity index is 3.07. The van der Waals surface area contributed by atoms with Crippen molar-refractivity contribution in [3.63, 3.8) is 0 Å². The Bertz CT molecular complexity index is 766. The summed E-state index contributed by atoms with van der Waals surface area (Å²) in [5, 5.41) is 0. The van der Waals surface area contributed by atoms with E-state index in [1.807, 2.05) is 0 Å². The molecule has 0 aromatic rings. The van der Waals surface area contributed by atoms with E-state index in [4.69, 9.17) is 80.5 Å². The molecule has 0 aliphatic rings. The molecule has 0 rings (SSSR count). The summed E-state index contributed by atoms with van der Waals surface area (Å²) in [6.45, 7) is 20.6. The minimum absolute atomic E-state index is 0.195. The summed E-state index contributed by atoms with van der Waals surface area (Å²) in [6, 6.07) is 0. The monoisotopic (exact) mass is 804 g/mol. The van der Waals surface area contributed by atoms with E-state index in [0.29, 0.717) is 210 Å². The number of methoxy groups -OCH3 is 1. The van der Waals surface area contributed by atoms with E-state index in [-0.39, 0.29) is 6.61 Å². The molecule has 0 saturated carbocycles. The highest BCUT2D eigenvalue weighted by molar-refractivity contribution is 5.86. The third kappa shape index (κ3) is 48.6. The summed E-state index contributed by atoms with van der Waals surface area (Å²) >= 11 is 0. The number of hydrogen-bond acceptors (Lipinski definition) is 18. The Morgan fingerprint density at radius 1 is 0.291 bits per heavy atom. The minimum Gasteiger partial charge on any atom is -0.460 e. The molecule has 0 N–H and O–H groups in total. The molecule has 0 aliphatic carbocycles. The molecule has 0 unspecified atom stereocenters. The Morgan fingerprint density at radius 3 is 0.582 bits per heavy atom. The van der Waals surface area contributed by atoms with Crippen molar-refractivity contribution in [1.29, 1.82) is 0 Å². The summed E-state index contributed by atoms with van der Waals surface area (Å²) < 4.78 is 91.4. The van der Waals surface area contributed by atoms with Crippen LogP contribution in [0.15, 0.2) is 12.2 Å². The molecule has 0 spiro atoms. The fraction of sp³-hybridized carbons (Fsp3) is 0.919. The van der Waals surface area contributed by atoms with Gasteiger partial charge in [0.2, 0.25) is 0 Å². The molecule has 0 aliphatic heterocycles. The lowest BCUT2D eigenvalue weighted by Crippen LogP contribution is -2.16. The lowest BCUT2D eigenvalue weighted by atomic mass is 10.4. The number of rotatable bonds is 49. The highest BCUT2D eigenvalue weighted by atomic mass is 16.6. The van der Waals surface area contributed by atoms with Crippen molar-refractivity contribution in [2.24, 2.45) is 0 Å². The van der Waals surface area contributed by atoms with Crippen LogP contribution in [-0.2, 0) is 85.3 Å². The molecule has 55 heavy (non-hydrogen) atoms. The topological polar surface area (TPSA) is 174 Å². The number of ether oxygens (including phenoxy) is 17. The zero-order valence-electron chi connectivity index (χ0n) is 33.7. The molecule has 0 amide bonds. The molecule has 0 saturated heterocycles. The van der Waals surface area contributed by atoms with Gasteiger partial charge in [0.25, 0.3) is 0 Å². The second-order valence-corrected chi connectivity index (χ2v) is 11.1. The number of carbonyl (C=O) groups is 1. The van der Waals surface area contributed by atoms with Crippen LogP contribution in [0.3, 0.4) is 0 Å². The number of hydrogen-bond donors (Lipinski definition) is 0. The molecular formula is C37H72O18. The second kappa shape index (κ2) is 48.7. The first kappa shape index (κ1) is 53.6. The maximum Gasteiger partial charge on any atom is 0.333 e. The maximum atomic E-state index is 11.2. The molecule has 0 bridgehead atoms. The standard InChI is InChI=1S/C37H72O18/c1-36(2)37(38)55-35-34-54-33-32-53-31-30-52-29-28-51-27-26-50-25-24-49-23-22-48-21-20-47-19-18-46-17-16-45-15-14-44-13-12-43-11-10-42-9-8-41-7-6-40-5-4-39-3/h1,4-35H2,2-3H3. The highest BCUT2D eigenvalue weighted by Crippen LogP contribution is 1.92. The van der Waals surface area contributed by atoms with Crippen molar-refractivity contribution in [3.8, 4) is 0 Å². The first-order valence-corrected chi connectivity index (χ1v) is 19.2. The Morgan fingerprint density at radius 2 is 0.436 bits per heavy atom. The zero-order chi connectivity index (χ0) is 39.8. The van der Waals surface area contributed by atoms with E-state index in [0.717, 1.165) is 0 Å². The average molecular weight is 805 g/mol. The van der Waals surface area contributed by atoms with Gasteiger partial charge in [-0.15, -0.1) is 0 Å².